The minimum atomic E-state index is -0.508. The summed E-state index contributed by atoms with van der Waals surface area (Å²) in [4.78, 5) is 11.2. The molecule has 0 heterocycles. The second kappa shape index (κ2) is 5.77. The molecule has 0 amide bonds. The van der Waals surface area contributed by atoms with Gasteiger partial charge in [-0.3, -0.25) is 0 Å². The number of anilines is 1. The molecule has 0 spiro atoms. The van der Waals surface area contributed by atoms with Gasteiger partial charge in [0.1, 0.15) is 0 Å². The fourth-order valence-corrected chi connectivity index (χ4v) is 1.60. The van der Waals surface area contributed by atoms with Crippen LogP contribution in [0.4, 0.5) is 5.69 Å². The second-order valence-electron chi connectivity index (χ2n) is 2.98. The number of ether oxygens (including phenoxy) is 1. The van der Waals surface area contributed by atoms with Gasteiger partial charge in [-0.15, -0.1) is 0 Å². The minimum Gasteiger partial charge on any atom is -0.463 e. The molecule has 0 aliphatic heterocycles. The van der Waals surface area contributed by atoms with Gasteiger partial charge in [0.15, 0.2) is 0 Å². The highest BCUT2D eigenvalue weighted by molar-refractivity contribution is 6.51. The van der Waals surface area contributed by atoms with E-state index in [1.165, 1.54) is 6.08 Å². The molecule has 0 atom stereocenters. The first-order chi connectivity index (χ1) is 7.54. The van der Waals surface area contributed by atoms with Gasteiger partial charge >= 0.3 is 5.97 Å². The zero-order valence-corrected chi connectivity index (χ0v) is 10.2. The van der Waals surface area contributed by atoms with E-state index in [0.29, 0.717) is 22.9 Å². The maximum Gasteiger partial charge on any atom is 0.332 e. The normalized spacial score (nSPS) is 11.3. The summed E-state index contributed by atoms with van der Waals surface area (Å²) < 4.78 is 4.73. The van der Waals surface area contributed by atoms with Crippen LogP contribution in [0.1, 0.15) is 12.5 Å². The number of nitrogens with two attached hydrogens (primary N) is 1. The predicted molar refractivity (Wildman–Crippen MR) is 66.3 cm³/mol. The quantitative estimate of drug-likeness (QED) is 0.516. The molecule has 3 nitrogen and oxygen atoms in total. The molecule has 0 aliphatic rings. The van der Waals surface area contributed by atoms with Crippen LogP contribution < -0.4 is 5.73 Å². The lowest BCUT2D eigenvalue weighted by Gasteiger charge is -2.04. The number of nitrogen functional groups attached to an aromatic ring is 1. The summed E-state index contributed by atoms with van der Waals surface area (Å²) in [6.07, 6.45) is 1.17. The SMILES string of the molecule is CCOC(=O)C=C(Cl)c1cc(N)ccc1Cl. The Labute approximate surface area is 104 Å². The molecule has 1 rings (SSSR count). The highest BCUT2D eigenvalue weighted by Gasteiger charge is 2.07. The molecular formula is C11H11Cl2NO2. The molecule has 0 bridgehead atoms. The molecule has 1 aromatic carbocycles. The maximum absolute atomic E-state index is 11.2. The van der Waals surface area contributed by atoms with Crippen LogP contribution in [0.15, 0.2) is 24.3 Å². The molecule has 0 unspecified atom stereocenters. The Morgan fingerprint density at radius 2 is 2.25 bits per heavy atom. The number of carbonyl (C=O) groups is 1. The molecule has 0 aromatic heterocycles. The van der Waals surface area contributed by atoms with Crippen molar-refractivity contribution in [1.82, 2.24) is 0 Å². The second-order valence-corrected chi connectivity index (χ2v) is 3.80. The summed E-state index contributed by atoms with van der Waals surface area (Å²) in [7, 11) is 0. The van der Waals surface area contributed by atoms with E-state index in [0.717, 1.165) is 0 Å². The van der Waals surface area contributed by atoms with E-state index in [2.05, 4.69) is 0 Å². The Morgan fingerprint density at radius 1 is 1.56 bits per heavy atom. The van der Waals surface area contributed by atoms with Crippen molar-refractivity contribution in [3.8, 4) is 0 Å². The standard InChI is InChI=1S/C11H11Cl2NO2/c1-2-16-11(15)6-10(13)8-5-7(14)3-4-9(8)12/h3-6H,2,14H2,1H3. The number of rotatable bonds is 3. The molecule has 0 fully saturated rings. The Hall–Kier alpha value is -1.19. The van der Waals surface area contributed by atoms with Crippen LogP contribution in [-0.4, -0.2) is 12.6 Å². The van der Waals surface area contributed by atoms with Gasteiger partial charge in [-0.2, -0.15) is 0 Å². The van der Waals surface area contributed by atoms with E-state index in [1.54, 1.807) is 25.1 Å². The van der Waals surface area contributed by atoms with E-state index in [-0.39, 0.29) is 5.03 Å². The first kappa shape index (κ1) is 12.9. The molecule has 0 aliphatic carbocycles. The van der Waals surface area contributed by atoms with Crippen LogP contribution in [0.5, 0.6) is 0 Å². The number of carbonyl (C=O) groups excluding carboxylic acids is 1. The first-order valence-electron chi connectivity index (χ1n) is 4.64. The van der Waals surface area contributed by atoms with Crippen LogP contribution in [-0.2, 0) is 9.53 Å². The largest absolute Gasteiger partial charge is 0.463 e. The van der Waals surface area contributed by atoms with E-state index in [1.807, 2.05) is 0 Å². The summed E-state index contributed by atoms with van der Waals surface area (Å²) in [5.41, 5.74) is 6.63. The Kier molecular flexibility index (Phi) is 4.65. The van der Waals surface area contributed by atoms with Crippen molar-refractivity contribution in [2.45, 2.75) is 6.92 Å². The topological polar surface area (TPSA) is 52.3 Å². The van der Waals surface area contributed by atoms with Crippen molar-refractivity contribution in [1.29, 1.82) is 0 Å². The summed E-state index contributed by atoms with van der Waals surface area (Å²) >= 11 is 11.9. The minimum absolute atomic E-state index is 0.204. The zero-order chi connectivity index (χ0) is 12.1. The van der Waals surface area contributed by atoms with Gasteiger partial charge in [0, 0.05) is 22.3 Å². The first-order valence-corrected chi connectivity index (χ1v) is 5.39. The molecule has 5 heteroatoms. The molecule has 86 valence electrons. The molecule has 0 saturated carbocycles. The highest BCUT2D eigenvalue weighted by Crippen LogP contribution is 2.28. The monoisotopic (exact) mass is 259 g/mol. The highest BCUT2D eigenvalue weighted by atomic mass is 35.5. The summed E-state index contributed by atoms with van der Waals surface area (Å²) in [5, 5.41) is 0.635. The average Bonchev–Trinajstić information content (AvgIpc) is 2.21. The smallest absolute Gasteiger partial charge is 0.332 e. The van der Waals surface area contributed by atoms with Gasteiger partial charge in [0.2, 0.25) is 0 Å². The Balaban J connectivity index is 2.99. The third kappa shape index (κ3) is 3.43. The summed E-state index contributed by atoms with van der Waals surface area (Å²) in [5.74, 6) is -0.508. The van der Waals surface area contributed by atoms with Gasteiger partial charge in [-0.1, -0.05) is 23.2 Å². The lowest BCUT2D eigenvalue weighted by atomic mass is 10.2. The number of hydrogen-bond donors (Lipinski definition) is 1. The summed E-state index contributed by atoms with van der Waals surface area (Å²) in [6, 6.07) is 4.87. The lowest BCUT2D eigenvalue weighted by molar-refractivity contribution is -0.137. The van der Waals surface area contributed by atoms with Crippen molar-refractivity contribution in [2.75, 3.05) is 12.3 Å². The van der Waals surface area contributed by atoms with Crippen LogP contribution in [0.25, 0.3) is 5.03 Å². The molecule has 0 radical (unpaired) electrons. The van der Waals surface area contributed by atoms with Crippen LogP contribution in [0, 0.1) is 0 Å². The molecular weight excluding hydrogens is 249 g/mol. The molecule has 0 saturated heterocycles. The predicted octanol–water partition coefficient (Wildman–Crippen LogP) is 3.07. The molecule has 2 N–H and O–H groups in total. The maximum atomic E-state index is 11.2. The average molecular weight is 260 g/mol. The Bertz CT molecular complexity index is 430. The van der Waals surface area contributed by atoms with Gasteiger partial charge in [-0.25, -0.2) is 4.79 Å². The van der Waals surface area contributed by atoms with Crippen molar-refractivity contribution in [3.05, 3.63) is 34.9 Å². The van der Waals surface area contributed by atoms with Crippen molar-refractivity contribution < 1.29 is 9.53 Å². The lowest BCUT2D eigenvalue weighted by Crippen LogP contribution is -2.00. The van der Waals surface area contributed by atoms with Crippen LogP contribution in [0.3, 0.4) is 0 Å². The van der Waals surface area contributed by atoms with Crippen LogP contribution >= 0.6 is 23.2 Å². The fraction of sp³-hybridized carbons (Fsp3) is 0.182. The van der Waals surface area contributed by atoms with Crippen molar-refractivity contribution in [2.24, 2.45) is 0 Å². The fourth-order valence-electron chi connectivity index (χ4n) is 1.09. The third-order valence-corrected chi connectivity index (χ3v) is 2.42. The Morgan fingerprint density at radius 3 is 2.88 bits per heavy atom. The van der Waals surface area contributed by atoms with Crippen molar-refractivity contribution in [3.63, 3.8) is 0 Å². The number of hydrogen-bond acceptors (Lipinski definition) is 3. The number of benzene rings is 1. The zero-order valence-electron chi connectivity index (χ0n) is 8.67. The molecule has 1 aromatic rings. The van der Waals surface area contributed by atoms with Gasteiger partial charge < -0.3 is 10.5 Å². The van der Waals surface area contributed by atoms with E-state index in [4.69, 9.17) is 33.7 Å². The van der Waals surface area contributed by atoms with Gasteiger partial charge in [0.25, 0.3) is 0 Å². The number of esters is 1. The van der Waals surface area contributed by atoms with E-state index >= 15 is 0 Å². The van der Waals surface area contributed by atoms with E-state index < -0.39 is 5.97 Å². The van der Waals surface area contributed by atoms with Crippen molar-refractivity contribution >= 4 is 39.9 Å². The number of halogens is 2. The molecule has 16 heavy (non-hydrogen) atoms. The third-order valence-electron chi connectivity index (χ3n) is 1.78. The van der Waals surface area contributed by atoms with Gasteiger partial charge in [-0.05, 0) is 25.1 Å². The van der Waals surface area contributed by atoms with Gasteiger partial charge in [0.05, 0.1) is 11.6 Å². The van der Waals surface area contributed by atoms with E-state index in [9.17, 15) is 4.79 Å². The summed E-state index contributed by atoms with van der Waals surface area (Å²) in [6.45, 7) is 2.01. The van der Waals surface area contributed by atoms with Crippen LogP contribution in [0.2, 0.25) is 5.02 Å².